The summed E-state index contributed by atoms with van der Waals surface area (Å²) >= 11 is 0. The summed E-state index contributed by atoms with van der Waals surface area (Å²) in [5.74, 6) is 0.983. The molecule has 2 N–H and O–H groups in total. The Morgan fingerprint density at radius 1 is 1.17 bits per heavy atom. The smallest absolute Gasteiger partial charge is 0.225 e. The van der Waals surface area contributed by atoms with Crippen molar-refractivity contribution in [3.05, 3.63) is 0 Å². The monoisotopic (exact) mass is 253 g/mol. The molecule has 2 fully saturated rings. The topological polar surface area (TPSA) is 66.6 Å². The minimum atomic E-state index is 0.173. The van der Waals surface area contributed by atoms with Crippen molar-refractivity contribution in [2.24, 2.45) is 17.6 Å². The average molecular weight is 253 g/mol. The molecule has 0 spiro atoms. The fraction of sp³-hybridized carbons (Fsp3) is 0.846. The van der Waals surface area contributed by atoms with Gasteiger partial charge in [0.1, 0.15) is 0 Å². The van der Waals surface area contributed by atoms with Gasteiger partial charge in [-0.1, -0.05) is 6.92 Å². The Bertz CT molecular complexity index is 320. The summed E-state index contributed by atoms with van der Waals surface area (Å²) in [4.78, 5) is 27.6. The number of rotatable bonds is 4. The van der Waals surface area contributed by atoms with Gasteiger partial charge >= 0.3 is 0 Å². The molecule has 1 saturated carbocycles. The highest BCUT2D eigenvalue weighted by Gasteiger charge is 2.35. The second-order valence-electron chi connectivity index (χ2n) is 5.53. The number of nitrogens with two attached hydrogens (primary N) is 1. The number of carbonyl (C=O) groups is 2. The third-order valence-electron chi connectivity index (χ3n) is 3.80. The van der Waals surface area contributed by atoms with Crippen molar-refractivity contribution in [2.75, 3.05) is 32.7 Å². The average Bonchev–Trinajstić information content (AvgIpc) is 3.22. The van der Waals surface area contributed by atoms with E-state index in [2.05, 4.69) is 0 Å². The van der Waals surface area contributed by atoms with Gasteiger partial charge in [-0.25, -0.2) is 0 Å². The molecule has 18 heavy (non-hydrogen) atoms. The third kappa shape index (κ3) is 3.22. The Morgan fingerprint density at radius 3 is 2.22 bits per heavy atom. The van der Waals surface area contributed by atoms with Crippen LogP contribution in [0.2, 0.25) is 0 Å². The van der Waals surface area contributed by atoms with Crippen LogP contribution in [0.4, 0.5) is 0 Å². The van der Waals surface area contributed by atoms with E-state index < -0.39 is 0 Å². The SMILES string of the molecule is CC(CN)CC(=O)N1CCN(C(=O)C2CC2)CC1. The molecule has 5 heteroatoms. The van der Waals surface area contributed by atoms with E-state index in [9.17, 15) is 9.59 Å². The molecule has 1 heterocycles. The van der Waals surface area contributed by atoms with Gasteiger partial charge in [0.2, 0.25) is 11.8 Å². The predicted octanol–water partition coefficient (Wildman–Crippen LogP) is 0.0521. The highest BCUT2D eigenvalue weighted by atomic mass is 16.2. The summed E-state index contributed by atoms with van der Waals surface area (Å²) in [6, 6.07) is 0. The van der Waals surface area contributed by atoms with Crippen molar-refractivity contribution in [1.29, 1.82) is 0 Å². The zero-order chi connectivity index (χ0) is 13.1. The first-order valence-corrected chi connectivity index (χ1v) is 6.88. The van der Waals surface area contributed by atoms with E-state index in [1.54, 1.807) is 0 Å². The Labute approximate surface area is 108 Å². The summed E-state index contributed by atoms with van der Waals surface area (Å²) in [7, 11) is 0. The number of hydrogen-bond acceptors (Lipinski definition) is 3. The molecule has 0 aromatic heterocycles. The lowest BCUT2D eigenvalue weighted by molar-refractivity contribution is -0.140. The molecule has 1 saturated heterocycles. The molecule has 2 aliphatic rings. The molecule has 1 unspecified atom stereocenters. The first-order valence-electron chi connectivity index (χ1n) is 6.88. The Morgan fingerprint density at radius 2 is 1.72 bits per heavy atom. The molecule has 0 aromatic rings. The van der Waals surface area contributed by atoms with Crippen LogP contribution in [0, 0.1) is 11.8 Å². The molecular formula is C13H23N3O2. The Balaban J connectivity index is 1.75. The van der Waals surface area contributed by atoms with Gasteiger partial charge in [0.05, 0.1) is 0 Å². The van der Waals surface area contributed by atoms with Gasteiger partial charge < -0.3 is 15.5 Å². The second-order valence-corrected chi connectivity index (χ2v) is 5.53. The summed E-state index contributed by atoms with van der Waals surface area (Å²) in [5, 5.41) is 0. The van der Waals surface area contributed by atoms with Crippen LogP contribution in [0.25, 0.3) is 0 Å². The zero-order valence-corrected chi connectivity index (χ0v) is 11.1. The fourth-order valence-corrected chi connectivity index (χ4v) is 2.28. The zero-order valence-electron chi connectivity index (χ0n) is 11.1. The first kappa shape index (κ1) is 13.3. The maximum atomic E-state index is 12.0. The van der Waals surface area contributed by atoms with Crippen molar-refractivity contribution in [2.45, 2.75) is 26.2 Å². The number of nitrogens with zero attached hydrogens (tertiary/aromatic N) is 2. The van der Waals surface area contributed by atoms with Crippen LogP contribution in [0.15, 0.2) is 0 Å². The van der Waals surface area contributed by atoms with Crippen LogP contribution in [0.5, 0.6) is 0 Å². The molecule has 1 aliphatic carbocycles. The minimum Gasteiger partial charge on any atom is -0.339 e. The van der Waals surface area contributed by atoms with E-state index in [-0.39, 0.29) is 23.7 Å². The van der Waals surface area contributed by atoms with Gasteiger partial charge in [-0.3, -0.25) is 9.59 Å². The molecule has 2 amide bonds. The van der Waals surface area contributed by atoms with E-state index >= 15 is 0 Å². The largest absolute Gasteiger partial charge is 0.339 e. The number of hydrogen-bond donors (Lipinski definition) is 1. The summed E-state index contributed by atoms with van der Waals surface area (Å²) in [6.45, 7) is 5.27. The van der Waals surface area contributed by atoms with Crippen molar-refractivity contribution in [3.63, 3.8) is 0 Å². The Kier molecular flexibility index (Phi) is 4.22. The maximum absolute atomic E-state index is 12.0. The lowest BCUT2D eigenvalue weighted by Crippen LogP contribution is -2.51. The molecular weight excluding hydrogens is 230 g/mol. The molecule has 5 nitrogen and oxygen atoms in total. The van der Waals surface area contributed by atoms with Crippen molar-refractivity contribution < 1.29 is 9.59 Å². The van der Waals surface area contributed by atoms with Crippen molar-refractivity contribution in [1.82, 2.24) is 9.80 Å². The fourth-order valence-electron chi connectivity index (χ4n) is 2.28. The summed E-state index contributed by atoms with van der Waals surface area (Å²) in [6.07, 6.45) is 2.62. The van der Waals surface area contributed by atoms with Gasteiger partial charge in [0, 0.05) is 38.5 Å². The van der Waals surface area contributed by atoms with E-state index in [0.717, 1.165) is 12.8 Å². The second kappa shape index (κ2) is 5.69. The highest BCUT2D eigenvalue weighted by Crippen LogP contribution is 2.31. The summed E-state index contributed by atoms with van der Waals surface area (Å²) < 4.78 is 0. The van der Waals surface area contributed by atoms with Crippen LogP contribution in [-0.2, 0) is 9.59 Å². The standard InChI is InChI=1S/C13H23N3O2/c1-10(9-14)8-12(17)15-4-6-16(7-5-15)13(18)11-2-3-11/h10-11H,2-9,14H2,1H3. The van der Waals surface area contributed by atoms with E-state index in [0.29, 0.717) is 39.1 Å². The van der Waals surface area contributed by atoms with Gasteiger partial charge in [-0.05, 0) is 25.3 Å². The van der Waals surface area contributed by atoms with Crippen LogP contribution in [0.1, 0.15) is 26.2 Å². The molecule has 2 rings (SSSR count). The van der Waals surface area contributed by atoms with E-state index in [1.165, 1.54) is 0 Å². The number of piperazine rings is 1. The lowest BCUT2D eigenvalue weighted by atomic mass is 10.1. The number of carbonyl (C=O) groups excluding carboxylic acids is 2. The van der Waals surface area contributed by atoms with Crippen molar-refractivity contribution in [3.8, 4) is 0 Å². The highest BCUT2D eigenvalue weighted by molar-refractivity contribution is 5.81. The molecule has 102 valence electrons. The van der Waals surface area contributed by atoms with Crippen molar-refractivity contribution >= 4 is 11.8 Å². The summed E-state index contributed by atoms with van der Waals surface area (Å²) in [5.41, 5.74) is 5.53. The lowest BCUT2D eigenvalue weighted by Gasteiger charge is -2.35. The quantitative estimate of drug-likeness (QED) is 0.770. The predicted molar refractivity (Wildman–Crippen MR) is 68.7 cm³/mol. The van der Waals surface area contributed by atoms with Crippen LogP contribution >= 0.6 is 0 Å². The molecule has 0 bridgehead atoms. The van der Waals surface area contributed by atoms with Gasteiger partial charge in [0.25, 0.3) is 0 Å². The van der Waals surface area contributed by atoms with E-state index in [1.807, 2.05) is 16.7 Å². The Hall–Kier alpha value is -1.10. The molecule has 0 aromatic carbocycles. The maximum Gasteiger partial charge on any atom is 0.225 e. The van der Waals surface area contributed by atoms with Crippen LogP contribution in [-0.4, -0.2) is 54.3 Å². The molecule has 0 radical (unpaired) electrons. The third-order valence-corrected chi connectivity index (χ3v) is 3.80. The normalized spacial score (nSPS) is 21.9. The number of amides is 2. The van der Waals surface area contributed by atoms with Crippen LogP contribution in [0.3, 0.4) is 0 Å². The van der Waals surface area contributed by atoms with Gasteiger partial charge in [0.15, 0.2) is 0 Å². The van der Waals surface area contributed by atoms with Gasteiger partial charge in [-0.15, -0.1) is 0 Å². The van der Waals surface area contributed by atoms with Gasteiger partial charge in [-0.2, -0.15) is 0 Å². The first-order chi connectivity index (χ1) is 8.61. The van der Waals surface area contributed by atoms with Crippen LogP contribution < -0.4 is 5.73 Å². The molecule has 1 aliphatic heterocycles. The minimum absolute atomic E-state index is 0.173. The molecule has 1 atom stereocenters. The van der Waals surface area contributed by atoms with E-state index in [4.69, 9.17) is 5.73 Å².